The van der Waals surface area contributed by atoms with Gasteiger partial charge < -0.3 is 15.7 Å². The molecule has 3 N–H and O–H groups in total. The van der Waals surface area contributed by atoms with Gasteiger partial charge in [-0.15, -0.1) is 0 Å². The Hall–Kier alpha value is -2.08. The maximum Gasteiger partial charge on any atom is 0.305 e. The molecule has 0 heterocycles. The maximum atomic E-state index is 12.2. The lowest BCUT2D eigenvalue weighted by Crippen LogP contribution is -2.47. The van der Waals surface area contributed by atoms with E-state index in [0.29, 0.717) is 17.0 Å². The first-order chi connectivity index (χ1) is 10.8. The van der Waals surface area contributed by atoms with Crippen molar-refractivity contribution >= 4 is 29.4 Å². The van der Waals surface area contributed by atoms with Crippen LogP contribution in [0, 0.1) is 5.92 Å². The van der Waals surface area contributed by atoms with Crippen molar-refractivity contribution in [2.45, 2.75) is 32.7 Å². The molecule has 126 valence electrons. The molecule has 7 heteroatoms. The van der Waals surface area contributed by atoms with Crippen LogP contribution in [0.4, 0.5) is 0 Å². The molecule has 0 saturated carbocycles. The second-order valence-electron chi connectivity index (χ2n) is 5.60. The van der Waals surface area contributed by atoms with Gasteiger partial charge >= 0.3 is 5.97 Å². The van der Waals surface area contributed by atoms with E-state index in [1.165, 1.54) is 0 Å². The number of carbonyl (C=O) groups is 3. The van der Waals surface area contributed by atoms with Gasteiger partial charge in [0.05, 0.1) is 6.42 Å². The molecule has 0 fully saturated rings. The third kappa shape index (κ3) is 7.15. The average molecular weight is 341 g/mol. The predicted molar refractivity (Wildman–Crippen MR) is 87.4 cm³/mol. The van der Waals surface area contributed by atoms with Crippen LogP contribution < -0.4 is 10.6 Å². The SMILES string of the molecule is CC(C)C[C@@H](NC(=O)c1ccc(Cl)cc1)C(=O)NCCC(=O)O. The first kappa shape index (κ1) is 19.0. The number of hydrogen-bond acceptors (Lipinski definition) is 3. The van der Waals surface area contributed by atoms with E-state index in [-0.39, 0.29) is 30.7 Å². The van der Waals surface area contributed by atoms with Gasteiger partial charge in [0.2, 0.25) is 5.91 Å². The smallest absolute Gasteiger partial charge is 0.305 e. The monoisotopic (exact) mass is 340 g/mol. The number of carbonyl (C=O) groups excluding carboxylic acids is 2. The molecule has 0 aliphatic heterocycles. The lowest BCUT2D eigenvalue weighted by molar-refractivity contribution is -0.137. The van der Waals surface area contributed by atoms with E-state index in [1.807, 2.05) is 13.8 Å². The van der Waals surface area contributed by atoms with Crippen molar-refractivity contribution in [3.8, 4) is 0 Å². The van der Waals surface area contributed by atoms with Gasteiger partial charge in [-0.2, -0.15) is 0 Å². The van der Waals surface area contributed by atoms with Gasteiger partial charge in [0.25, 0.3) is 5.91 Å². The Kier molecular flexibility index (Phi) is 7.54. The lowest BCUT2D eigenvalue weighted by atomic mass is 10.0. The summed E-state index contributed by atoms with van der Waals surface area (Å²) in [6, 6.07) is 5.63. The molecule has 0 unspecified atom stereocenters. The first-order valence-electron chi connectivity index (χ1n) is 7.35. The molecule has 1 aromatic carbocycles. The maximum absolute atomic E-state index is 12.2. The second kappa shape index (κ2) is 9.15. The number of amides is 2. The summed E-state index contributed by atoms with van der Waals surface area (Å²) in [7, 11) is 0. The molecular formula is C16H21ClN2O4. The lowest BCUT2D eigenvalue weighted by Gasteiger charge is -2.20. The Morgan fingerprint density at radius 1 is 1.17 bits per heavy atom. The zero-order valence-corrected chi connectivity index (χ0v) is 13.9. The van der Waals surface area contributed by atoms with E-state index in [2.05, 4.69) is 10.6 Å². The minimum Gasteiger partial charge on any atom is -0.481 e. The highest BCUT2D eigenvalue weighted by molar-refractivity contribution is 6.30. The Morgan fingerprint density at radius 3 is 2.30 bits per heavy atom. The van der Waals surface area contributed by atoms with Gasteiger partial charge in [0.15, 0.2) is 0 Å². The van der Waals surface area contributed by atoms with Crippen LogP contribution in [0.1, 0.15) is 37.0 Å². The molecule has 1 rings (SSSR count). The highest BCUT2D eigenvalue weighted by Crippen LogP contribution is 2.11. The van der Waals surface area contributed by atoms with E-state index in [4.69, 9.17) is 16.7 Å². The van der Waals surface area contributed by atoms with E-state index >= 15 is 0 Å². The van der Waals surface area contributed by atoms with Gasteiger partial charge in [0.1, 0.15) is 6.04 Å². The topological polar surface area (TPSA) is 95.5 Å². The van der Waals surface area contributed by atoms with Gasteiger partial charge in [-0.3, -0.25) is 14.4 Å². The highest BCUT2D eigenvalue weighted by Gasteiger charge is 2.22. The first-order valence-corrected chi connectivity index (χ1v) is 7.73. The quantitative estimate of drug-likeness (QED) is 0.675. The summed E-state index contributed by atoms with van der Waals surface area (Å²) in [6.07, 6.45) is 0.295. The number of halogens is 1. The van der Waals surface area contributed by atoms with Crippen LogP contribution >= 0.6 is 11.6 Å². The van der Waals surface area contributed by atoms with Crippen LogP contribution in [0.3, 0.4) is 0 Å². The third-order valence-corrected chi connectivity index (χ3v) is 3.33. The van der Waals surface area contributed by atoms with Crippen LogP contribution in [0.2, 0.25) is 5.02 Å². The van der Waals surface area contributed by atoms with Crippen molar-refractivity contribution < 1.29 is 19.5 Å². The van der Waals surface area contributed by atoms with Gasteiger partial charge in [0, 0.05) is 17.1 Å². The minimum absolute atomic E-state index is 0.0274. The van der Waals surface area contributed by atoms with Crippen molar-refractivity contribution in [1.82, 2.24) is 10.6 Å². The summed E-state index contributed by atoms with van der Waals surface area (Å²) in [5, 5.41) is 14.3. The molecule has 0 aliphatic rings. The average Bonchev–Trinajstić information content (AvgIpc) is 2.46. The Labute approximate surface area is 140 Å². The molecule has 0 saturated heterocycles. The summed E-state index contributed by atoms with van der Waals surface area (Å²) < 4.78 is 0. The molecule has 0 spiro atoms. The van der Waals surface area contributed by atoms with E-state index in [1.54, 1.807) is 24.3 Å². The van der Waals surface area contributed by atoms with E-state index in [0.717, 1.165) is 0 Å². The summed E-state index contributed by atoms with van der Waals surface area (Å²) in [4.78, 5) is 34.8. The molecule has 0 aromatic heterocycles. The molecule has 23 heavy (non-hydrogen) atoms. The van der Waals surface area contributed by atoms with Crippen LogP contribution in [0.25, 0.3) is 0 Å². The van der Waals surface area contributed by atoms with Crippen molar-refractivity contribution in [3.63, 3.8) is 0 Å². The summed E-state index contributed by atoms with van der Waals surface area (Å²) in [5.41, 5.74) is 0.404. The highest BCUT2D eigenvalue weighted by atomic mass is 35.5. The normalized spacial score (nSPS) is 11.8. The summed E-state index contributed by atoms with van der Waals surface area (Å²) in [6.45, 7) is 3.90. The molecule has 1 atom stereocenters. The standard InChI is InChI=1S/C16H21ClN2O4/c1-10(2)9-13(16(23)18-8-7-14(20)21)19-15(22)11-3-5-12(17)6-4-11/h3-6,10,13H,7-9H2,1-2H3,(H,18,23)(H,19,22)(H,20,21)/t13-/m1/s1. The van der Waals surface area contributed by atoms with Crippen LogP contribution in [-0.2, 0) is 9.59 Å². The third-order valence-electron chi connectivity index (χ3n) is 3.07. The number of carboxylic acids is 1. The number of nitrogens with one attached hydrogen (secondary N) is 2. The minimum atomic E-state index is -0.990. The number of benzene rings is 1. The number of hydrogen-bond donors (Lipinski definition) is 3. The van der Waals surface area contributed by atoms with Crippen LogP contribution in [0.5, 0.6) is 0 Å². The molecule has 0 bridgehead atoms. The van der Waals surface area contributed by atoms with Crippen molar-refractivity contribution in [2.24, 2.45) is 5.92 Å². The molecular weight excluding hydrogens is 320 g/mol. The van der Waals surface area contributed by atoms with Crippen molar-refractivity contribution in [1.29, 1.82) is 0 Å². The summed E-state index contributed by atoms with van der Waals surface area (Å²) >= 11 is 5.78. The van der Waals surface area contributed by atoms with Crippen LogP contribution in [-0.4, -0.2) is 35.5 Å². The fourth-order valence-electron chi connectivity index (χ4n) is 1.96. The molecule has 0 aliphatic carbocycles. The Balaban J connectivity index is 2.69. The fourth-order valence-corrected chi connectivity index (χ4v) is 2.09. The van der Waals surface area contributed by atoms with Gasteiger partial charge in [-0.1, -0.05) is 25.4 Å². The van der Waals surface area contributed by atoms with Crippen LogP contribution in [0.15, 0.2) is 24.3 Å². The number of carboxylic acid groups (broad SMARTS) is 1. The number of aliphatic carboxylic acids is 1. The number of rotatable bonds is 8. The molecule has 6 nitrogen and oxygen atoms in total. The predicted octanol–water partition coefficient (Wildman–Crippen LogP) is 2.08. The summed E-state index contributed by atoms with van der Waals surface area (Å²) in [5.74, 6) is -1.56. The second-order valence-corrected chi connectivity index (χ2v) is 6.03. The van der Waals surface area contributed by atoms with E-state index < -0.39 is 12.0 Å². The fraction of sp³-hybridized carbons (Fsp3) is 0.438. The van der Waals surface area contributed by atoms with Crippen molar-refractivity contribution in [2.75, 3.05) is 6.54 Å². The molecule has 1 aromatic rings. The van der Waals surface area contributed by atoms with E-state index in [9.17, 15) is 14.4 Å². The largest absolute Gasteiger partial charge is 0.481 e. The zero-order valence-electron chi connectivity index (χ0n) is 13.1. The van der Waals surface area contributed by atoms with Gasteiger partial charge in [-0.25, -0.2) is 0 Å². The Morgan fingerprint density at radius 2 is 1.78 bits per heavy atom. The molecule has 0 radical (unpaired) electrons. The Bertz CT molecular complexity index is 558. The molecule has 2 amide bonds. The van der Waals surface area contributed by atoms with Crippen molar-refractivity contribution in [3.05, 3.63) is 34.9 Å². The zero-order chi connectivity index (χ0) is 17.4. The van der Waals surface area contributed by atoms with Gasteiger partial charge in [-0.05, 0) is 36.6 Å².